The molecular weight excluding hydrogens is 224 g/mol. The van der Waals surface area contributed by atoms with E-state index in [1.54, 1.807) is 0 Å². The zero-order valence-electron chi connectivity index (χ0n) is 11.3. The highest BCUT2D eigenvalue weighted by atomic mass is 16.5. The average Bonchev–Trinajstić information content (AvgIpc) is 2.92. The highest BCUT2D eigenvalue weighted by Gasteiger charge is 2.14. The zero-order chi connectivity index (χ0) is 12.6. The Balaban J connectivity index is 1.55. The number of nitrogens with one attached hydrogen (secondary N) is 1. The van der Waals surface area contributed by atoms with Crippen LogP contribution in [0.3, 0.4) is 0 Å². The normalized spacial score (nSPS) is 19.1. The second-order valence-electron chi connectivity index (χ2n) is 4.95. The summed E-state index contributed by atoms with van der Waals surface area (Å²) in [5.74, 6) is 0. The first kappa shape index (κ1) is 13.4. The van der Waals surface area contributed by atoms with Crippen molar-refractivity contribution in [2.45, 2.75) is 25.4 Å². The molecule has 0 aliphatic carbocycles. The summed E-state index contributed by atoms with van der Waals surface area (Å²) < 4.78 is 5.58. The number of rotatable bonds is 7. The molecule has 1 heterocycles. The van der Waals surface area contributed by atoms with Gasteiger partial charge in [-0.3, -0.25) is 0 Å². The predicted octanol–water partition coefficient (Wildman–Crippen LogP) is 2.28. The van der Waals surface area contributed by atoms with Gasteiger partial charge >= 0.3 is 0 Å². The lowest BCUT2D eigenvalue weighted by molar-refractivity contribution is 0.110. The van der Waals surface area contributed by atoms with E-state index < -0.39 is 0 Å². The molecule has 1 unspecified atom stereocenters. The molecule has 1 N–H and O–H groups in total. The molecule has 1 aliphatic heterocycles. The minimum atomic E-state index is 0.455. The highest BCUT2D eigenvalue weighted by Crippen LogP contribution is 2.11. The molecule has 0 amide bonds. The summed E-state index contributed by atoms with van der Waals surface area (Å²) in [7, 11) is 2.15. The van der Waals surface area contributed by atoms with Crippen molar-refractivity contribution < 1.29 is 4.74 Å². The van der Waals surface area contributed by atoms with Crippen molar-refractivity contribution in [2.24, 2.45) is 0 Å². The first-order chi connectivity index (χ1) is 8.86. The molecule has 0 aromatic heterocycles. The Morgan fingerprint density at radius 1 is 1.33 bits per heavy atom. The quantitative estimate of drug-likeness (QED) is 0.749. The molecule has 0 spiro atoms. The molecule has 100 valence electrons. The third kappa shape index (κ3) is 4.31. The maximum Gasteiger partial charge on any atom is 0.0700 e. The molecule has 1 saturated heterocycles. The Morgan fingerprint density at radius 2 is 2.17 bits per heavy atom. The third-order valence-electron chi connectivity index (χ3n) is 3.44. The summed E-state index contributed by atoms with van der Waals surface area (Å²) in [5, 5.41) is 3.48. The first-order valence-electron chi connectivity index (χ1n) is 6.95. The van der Waals surface area contributed by atoms with Gasteiger partial charge in [-0.05, 0) is 37.9 Å². The van der Waals surface area contributed by atoms with Crippen molar-refractivity contribution in [3.05, 3.63) is 30.3 Å². The Hall–Kier alpha value is -1.06. The molecule has 18 heavy (non-hydrogen) atoms. The van der Waals surface area contributed by atoms with Gasteiger partial charge < -0.3 is 15.0 Å². The molecule has 1 aliphatic rings. The number of benzene rings is 1. The maximum absolute atomic E-state index is 5.58. The largest absolute Gasteiger partial charge is 0.377 e. The van der Waals surface area contributed by atoms with Crippen LogP contribution in [0, 0.1) is 0 Å². The molecular formula is C15H24N2O. The van der Waals surface area contributed by atoms with Gasteiger partial charge in [0.25, 0.3) is 0 Å². The molecule has 0 saturated carbocycles. The molecule has 1 aromatic rings. The summed E-state index contributed by atoms with van der Waals surface area (Å²) >= 11 is 0. The summed E-state index contributed by atoms with van der Waals surface area (Å²) in [6.07, 6.45) is 4.06. The highest BCUT2D eigenvalue weighted by molar-refractivity contribution is 5.44. The fraction of sp³-hybridized carbons (Fsp3) is 0.600. The van der Waals surface area contributed by atoms with Crippen LogP contribution in [0.4, 0.5) is 5.69 Å². The van der Waals surface area contributed by atoms with Crippen molar-refractivity contribution >= 4 is 5.69 Å². The first-order valence-corrected chi connectivity index (χ1v) is 6.95. The number of anilines is 1. The Labute approximate surface area is 110 Å². The van der Waals surface area contributed by atoms with E-state index in [0.717, 1.165) is 32.7 Å². The fourth-order valence-corrected chi connectivity index (χ4v) is 2.32. The monoisotopic (exact) mass is 248 g/mol. The molecule has 3 nitrogen and oxygen atoms in total. The molecule has 3 heteroatoms. The van der Waals surface area contributed by atoms with Crippen molar-refractivity contribution in [1.82, 2.24) is 5.32 Å². The van der Waals surface area contributed by atoms with E-state index in [9.17, 15) is 0 Å². The lowest BCUT2D eigenvalue weighted by Gasteiger charge is -2.19. The average molecular weight is 248 g/mol. The van der Waals surface area contributed by atoms with Crippen LogP contribution in [0.25, 0.3) is 0 Å². The van der Waals surface area contributed by atoms with Crippen LogP contribution in [-0.4, -0.2) is 39.4 Å². The lowest BCUT2D eigenvalue weighted by atomic mass is 10.2. The van der Waals surface area contributed by atoms with Crippen LogP contribution in [0.5, 0.6) is 0 Å². The lowest BCUT2D eigenvalue weighted by Crippen LogP contribution is -2.29. The van der Waals surface area contributed by atoms with Crippen molar-refractivity contribution in [3.8, 4) is 0 Å². The van der Waals surface area contributed by atoms with Crippen molar-refractivity contribution in [2.75, 3.05) is 38.2 Å². The van der Waals surface area contributed by atoms with Crippen LogP contribution in [-0.2, 0) is 4.74 Å². The fourth-order valence-electron chi connectivity index (χ4n) is 2.32. The topological polar surface area (TPSA) is 24.5 Å². The van der Waals surface area contributed by atoms with Crippen molar-refractivity contribution in [3.63, 3.8) is 0 Å². The van der Waals surface area contributed by atoms with Gasteiger partial charge in [0, 0.05) is 32.4 Å². The van der Waals surface area contributed by atoms with Gasteiger partial charge in [-0.2, -0.15) is 0 Å². The van der Waals surface area contributed by atoms with Crippen LogP contribution < -0.4 is 10.2 Å². The van der Waals surface area contributed by atoms with Gasteiger partial charge in [-0.25, -0.2) is 0 Å². The molecule has 1 fully saturated rings. The minimum Gasteiger partial charge on any atom is -0.377 e. The zero-order valence-corrected chi connectivity index (χ0v) is 11.3. The van der Waals surface area contributed by atoms with Crippen LogP contribution in [0.1, 0.15) is 19.3 Å². The summed E-state index contributed by atoms with van der Waals surface area (Å²) in [5.41, 5.74) is 1.29. The van der Waals surface area contributed by atoms with E-state index in [0.29, 0.717) is 6.10 Å². The van der Waals surface area contributed by atoms with Gasteiger partial charge in [0.05, 0.1) is 6.10 Å². The number of para-hydroxylation sites is 1. The van der Waals surface area contributed by atoms with Crippen LogP contribution >= 0.6 is 0 Å². The second-order valence-corrected chi connectivity index (χ2v) is 4.95. The number of nitrogens with zero attached hydrogens (tertiary/aromatic N) is 1. The maximum atomic E-state index is 5.58. The van der Waals surface area contributed by atoms with E-state index in [2.05, 4.69) is 47.6 Å². The van der Waals surface area contributed by atoms with Crippen LogP contribution in [0.2, 0.25) is 0 Å². The predicted molar refractivity (Wildman–Crippen MR) is 76.2 cm³/mol. The molecule has 2 rings (SSSR count). The molecule has 0 bridgehead atoms. The standard InChI is InChI=1S/C15H24N2O/c1-17(14-7-3-2-4-8-14)11-6-10-16-13-15-9-5-12-18-15/h2-4,7-8,15-16H,5-6,9-13H2,1H3. The summed E-state index contributed by atoms with van der Waals surface area (Å²) in [4.78, 5) is 2.30. The van der Waals surface area contributed by atoms with Gasteiger partial charge in [0.15, 0.2) is 0 Å². The smallest absolute Gasteiger partial charge is 0.0700 e. The van der Waals surface area contributed by atoms with Crippen LogP contribution in [0.15, 0.2) is 30.3 Å². The molecule has 0 radical (unpaired) electrons. The van der Waals surface area contributed by atoms with Gasteiger partial charge in [0.2, 0.25) is 0 Å². The van der Waals surface area contributed by atoms with Gasteiger partial charge in [-0.1, -0.05) is 18.2 Å². The van der Waals surface area contributed by atoms with Gasteiger partial charge in [0.1, 0.15) is 0 Å². The van der Waals surface area contributed by atoms with Gasteiger partial charge in [-0.15, -0.1) is 0 Å². The SMILES string of the molecule is CN(CCCNCC1CCCO1)c1ccccc1. The third-order valence-corrected chi connectivity index (χ3v) is 3.44. The van der Waals surface area contributed by atoms with E-state index in [1.165, 1.54) is 18.5 Å². The molecule has 1 atom stereocenters. The summed E-state index contributed by atoms with van der Waals surface area (Å²) in [6.45, 7) is 4.11. The van der Waals surface area contributed by atoms with E-state index >= 15 is 0 Å². The Morgan fingerprint density at radius 3 is 2.89 bits per heavy atom. The molecule has 1 aromatic carbocycles. The van der Waals surface area contributed by atoms with Crippen molar-refractivity contribution in [1.29, 1.82) is 0 Å². The summed E-state index contributed by atoms with van der Waals surface area (Å²) in [6, 6.07) is 10.5. The van der Waals surface area contributed by atoms with E-state index in [-0.39, 0.29) is 0 Å². The Kier molecular flexibility index (Phi) is 5.49. The van der Waals surface area contributed by atoms with E-state index in [4.69, 9.17) is 4.74 Å². The number of hydrogen-bond acceptors (Lipinski definition) is 3. The van der Waals surface area contributed by atoms with E-state index in [1.807, 2.05) is 0 Å². The Bertz CT molecular complexity index is 323. The number of ether oxygens (including phenoxy) is 1. The minimum absolute atomic E-state index is 0.455. The second kappa shape index (κ2) is 7.39. The number of hydrogen-bond donors (Lipinski definition) is 1.